The van der Waals surface area contributed by atoms with Crippen LogP contribution in [0.25, 0.3) is 0 Å². The van der Waals surface area contributed by atoms with Crippen molar-refractivity contribution in [3.8, 4) is 5.75 Å². The Labute approximate surface area is 173 Å². The number of carbonyl (C=O) groups excluding carboxylic acids is 2. The molecule has 152 valence electrons. The number of hydrogen-bond acceptors (Lipinski definition) is 4. The predicted octanol–water partition coefficient (Wildman–Crippen LogP) is 3.84. The van der Waals surface area contributed by atoms with Crippen LogP contribution in [-0.4, -0.2) is 23.9 Å². The lowest BCUT2D eigenvalue weighted by Crippen LogP contribution is -2.41. The number of Topliss-reactive ketones (excluding diaryl/α,β-unsaturated/α-hetero) is 1. The molecule has 1 amide bonds. The largest absolute Gasteiger partial charge is 0.496 e. The Kier molecular flexibility index (Phi) is 5.10. The van der Waals surface area contributed by atoms with Crippen molar-refractivity contribution in [1.82, 2.24) is 0 Å². The van der Waals surface area contributed by atoms with E-state index < -0.39 is 29.5 Å². The molecule has 0 saturated heterocycles. The summed E-state index contributed by atoms with van der Waals surface area (Å²) in [7, 11) is 1.46. The number of methoxy groups -OCH3 is 1. The number of ketones is 1. The van der Waals surface area contributed by atoms with Crippen molar-refractivity contribution < 1.29 is 23.8 Å². The maximum atomic E-state index is 13.6. The van der Waals surface area contributed by atoms with Crippen LogP contribution in [0.4, 0.5) is 10.1 Å². The summed E-state index contributed by atoms with van der Waals surface area (Å²) in [5.41, 5.74) is -0.278. The Morgan fingerprint density at radius 1 is 1.07 bits per heavy atom. The number of benzene rings is 3. The molecular formula is C24H20FNO4. The van der Waals surface area contributed by atoms with Crippen LogP contribution in [0.15, 0.2) is 72.8 Å². The second-order valence-corrected chi connectivity index (χ2v) is 7.20. The maximum absolute atomic E-state index is 13.6. The smallest absolute Gasteiger partial charge is 0.264 e. The average molecular weight is 405 g/mol. The fourth-order valence-corrected chi connectivity index (χ4v) is 3.85. The number of aliphatic hydroxyl groups is 1. The van der Waals surface area contributed by atoms with Gasteiger partial charge in [0.15, 0.2) is 11.4 Å². The number of nitrogens with zero attached hydrogens (tertiary/aromatic N) is 1. The Hall–Kier alpha value is -3.51. The standard InChI is InChI=1S/C24H20FNO4/c1-30-22-12-5-2-9-18(22)21(27)14-24(29)19-10-3-4-11-20(19)26(23(24)28)15-16-7-6-8-17(25)13-16/h2-13,29H,14-15H2,1H3/t24-/m1/s1. The molecule has 0 aliphatic carbocycles. The number of halogens is 1. The highest BCUT2D eigenvalue weighted by Gasteiger charge is 2.50. The van der Waals surface area contributed by atoms with E-state index in [0.29, 0.717) is 28.1 Å². The number of carbonyl (C=O) groups is 2. The molecule has 0 saturated carbocycles. The second-order valence-electron chi connectivity index (χ2n) is 7.20. The molecule has 1 N–H and O–H groups in total. The molecule has 0 bridgehead atoms. The van der Waals surface area contributed by atoms with Gasteiger partial charge in [0.1, 0.15) is 11.6 Å². The van der Waals surface area contributed by atoms with Gasteiger partial charge in [0.05, 0.1) is 31.3 Å². The van der Waals surface area contributed by atoms with Crippen molar-refractivity contribution in [1.29, 1.82) is 0 Å². The van der Waals surface area contributed by atoms with Gasteiger partial charge in [-0.2, -0.15) is 0 Å². The van der Waals surface area contributed by atoms with E-state index in [1.165, 1.54) is 24.1 Å². The van der Waals surface area contributed by atoms with E-state index in [1.807, 2.05) is 0 Å². The van der Waals surface area contributed by atoms with Gasteiger partial charge in [-0.05, 0) is 35.9 Å². The first-order valence-corrected chi connectivity index (χ1v) is 9.48. The molecule has 0 spiro atoms. The van der Waals surface area contributed by atoms with Crippen molar-refractivity contribution in [2.24, 2.45) is 0 Å². The third kappa shape index (κ3) is 3.35. The molecule has 3 aromatic rings. The third-order valence-corrected chi connectivity index (χ3v) is 5.29. The molecule has 1 atom stereocenters. The van der Waals surface area contributed by atoms with E-state index in [1.54, 1.807) is 60.7 Å². The van der Waals surface area contributed by atoms with E-state index in [9.17, 15) is 19.1 Å². The average Bonchev–Trinajstić information content (AvgIpc) is 2.96. The van der Waals surface area contributed by atoms with Crippen molar-refractivity contribution in [3.63, 3.8) is 0 Å². The second kappa shape index (κ2) is 7.72. The molecule has 0 unspecified atom stereocenters. The van der Waals surface area contributed by atoms with Gasteiger partial charge < -0.3 is 14.7 Å². The minimum absolute atomic E-state index is 0.0821. The quantitative estimate of drug-likeness (QED) is 0.633. The van der Waals surface area contributed by atoms with Crippen LogP contribution in [0.1, 0.15) is 27.9 Å². The zero-order valence-corrected chi connectivity index (χ0v) is 16.3. The third-order valence-electron chi connectivity index (χ3n) is 5.29. The fraction of sp³-hybridized carbons (Fsp3) is 0.167. The molecule has 1 heterocycles. The van der Waals surface area contributed by atoms with Crippen LogP contribution in [0.3, 0.4) is 0 Å². The summed E-state index contributed by atoms with van der Waals surface area (Å²) in [5.74, 6) is -1.06. The van der Waals surface area contributed by atoms with Crippen LogP contribution < -0.4 is 9.64 Å². The Morgan fingerprint density at radius 2 is 1.80 bits per heavy atom. The maximum Gasteiger partial charge on any atom is 0.264 e. The number of ether oxygens (including phenoxy) is 1. The molecule has 1 aliphatic rings. The predicted molar refractivity (Wildman–Crippen MR) is 110 cm³/mol. The van der Waals surface area contributed by atoms with E-state index >= 15 is 0 Å². The SMILES string of the molecule is COc1ccccc1C(=O)C[C@]1(O)C(=O)N(Cc2cccc(F)c2)c2ccccc21. The summed E-state index contributed by atoms with van der Waals surface area (Å²) < 4.78 is 18.8. The van der Waals surface area contributed by atoms with Crippen molar-refractivity contribution >= 4 is 17.4 Å². The number of fused-ring (bicyclic) bond motifs is 1. The molecule has 4 rings (SSSR count). The van der Waals surface area contributed by atoms with E-state index in [2.05, 4.69) is 0 Å². The molecule has 1 aliphatic heterocycles. The van der Waals surface area contributed by atoms with Crippen molar-refractivity contribution in [2.45, 2.75) is 18.6 Å². The van der Waals surface area contributed by atoms with Gasteiger partial charge in [-0.15, -0.1) is 0 Å². The number of para-hydroxylation sites is 2. The van der Waals surface area contributed by atoms with Gasteiger partial charge in [-0.1, -0.05) is 42.5 Å². The van der Waals surface area contributed by atoms with Gasteiger partial charge >= 0.3 is 0 Å². The zero-order valence-electron chi connectivity index (χ0n) is 16.3. The van der Waals surface area contributed by atoms with Crippen LogP contribution in [0, 0.1) is 5.82 Å². The van der Waals surface area contributed by atoms with Crippen molar-refractivity contribution in [2.75, 3.05) is 12.0 Å². The molecule has 5 nitrogen and oxygen atoms in total. The highest BCUT2D eigenvalue weighted by Crippen LogP contribution is 2.43. The lowest BCUT2D eigenvalue weighted by Gasteiger charge is -2.23. The van der Waals surface area contributed by atoms with Crippen LogP contribution in [-0.2, 0) is 16.9 Å². The normalized spacial score (nSPS) is 17.7. The summed E-state index contributed by atoms with van der Waals surface area (Å²) in [4.78, 5) is 27.7. The van der Waals surface area contributed by atoms with Crippen LogP contribution >= 0.6 is 0 Å². The van der Waals surface area contributed by atoms with Gasteiger partial charge in [-0.25, -0.2) is 4.39 Å². The summed E-state index contributed by atoms with van der Waals surface area (Å²) in [6, 6.07) is 19.4. The zero-order chi connectivity index (χ0) is 21.3. The topological polar surface area (TPSA) is 66.8 Å². The number of amides is 1. The molecule has 0 fully saturated rings. The molecule has 0 aromatic heterocycles. The van der Waals surface area contributed by atoms with Crippen LogP contribution in [0.2, 0.25) is 0 Å². The highest BCUT2D eigenvalue weighted by molar-refractivity contribution is 6.11. The Bertz CT molecular complexity index is 1130. The molecule has 30 heavy (non-hydrogen) atoms. The van der Waals surface area contributed by atoms with E-state index in [4.69, 9.17) is 4.74 Å². The Balaban J connectivity index is 1.69. The monoisotopic (exact) mass is 405 g/mol. The van der Waals surface area contributed by atoms with Crippen molar-refractivity contribution in [3.05, 3.63) is 95.3 Å². The van der Waals surface area contributed by atoms with Gasteiger partial charge in [-0.3, -0.25) is 9.59 Å². The molecule has 6 heteroatoms. The summed E-state index contributed by atoms with van der Waals surface area (Å²) >= 11 is 0. The molecule has 0 radical (unpaired) electrons. The Morgan fingerprint density at radius 3 is 2.57 bits per heavy atom. The van der Waals surface area contributed by atoms with Crippen LogP contribution in [0.5, 0.6) is 5.75 Å². The van der Waals surface area contributed by atoms with E-state index in [0.717, 1.165) is 0 Å². The molecule has 3 aromatic carbocycles. The van der Waals surface area contributed by atoms with E-state index in [-0.39, 0.29) is 6.54 Å². The first-order valence-electron chi connectivity index (χ1n) is 9.48. The fourth-order valence-electron chi connectivity index (χ4n) is 3.85. The lowest BCUT2D eigenvalue weighted by atomic mass is 9.88. The summed E-state index contributed by atoms with van der Waals surface area (Å²) in [5, 5.41) is 11.4. The number of rotatable bonds is 6. The van der Waals surface area contributed by atoms with Gasteiger partial charge in [0, 0.05) is 5.56 Å². The number of hydrogen-bond donors (Lipinski definition) is 1. The summed E-state index contributed by atoms with van der Waals surface area (Å²) in [6.45, 7) is 0.0821. The minimum Gasteiger partial charge on any atom is -0.496 e. The first kappa shape index (κ1) is 19.8. The van der Waals surface area contributed by atoms with Gasteiger partial charge in [0.25, 0.3) is 5.91 Å². The molecular weight excluding hydrogens is 385 g/mol. The number of anilines is 1. The highest BCUT2D eigenvalue weighted by atomic mass is 19.1. The lowest BCUT2D eigenvalue weighted by molar-refractivity contribution is -0.136. The minimum atomic E-state index is -2.01. The van der Waals surface area contributed by atoms with Gasteiger partial charge in [0.2, 0.25) is 0 Å². The first-order chi connectivity index (χ1) is 14.4. The summed E-state index contributed by atoms with van der Waals surface area (Å²) in [6.07, 6.45) is -0.428.